The zero-order valence-corrected chi connectivity index (χ0v) is 77.8. The Balaban J connectivity index is 0.000000206. The predicted octanol–water partition coefficient (Wildman–Crippen LogP) is 19.9. The third-order valence-electron chi connectivity index (χ3n) is 22.9. The van der Waals surface area contributed by atoms with E-state index in [0.29, 0.717) is 198 Å². The van der Waals surface area contributed by atoms with Crippen molar-refractivity contribution >= 4 is 77.6 Å². The molecule has 0 unspecified atom stereocenters. The lowest BCUT2D eigenvalue weighted by Gasteiger charge is -2.25. The van der Waals surface area contributed by atoms with Crippen LogP contribution in [0.15, 0.2) is 281 Å². The average molecular weight is 1890 g/mol. The fourth-order valence-electron chi connectivity index (χ4n) is 15.0. The minimum atomic E-state index is -0.588. The van der Waals surface area contributed by atoms with Crippen molar-refractivity contribution in [2.75, 3.05) is 46.2 Å². The molecule has 0 atom stereocenters. The molecule has 8 aromatic carbocycles. The van der Waals surface area contributed by atoms with Crippen LogP contribution in [0.3, 0.4) is 0 Å². The molecule has 0 heterocycles. The number of unbranched alkanes of at least 4 members (excludes halogenated alkanes) is 4. The molecule has 0 amide bonds. The molecular formula is C110H120O28. The van der Waals surface area contributed by atoms with Gasteiger partial charge in [-0.15, -0.1) is 0 Å². The molecule has 12 rings (SSSR count). The van der Waals surface area contributed by atoms with Gasteiger partial charge in [0.2, 0.25) is 0 Å². The number of rotatable bonds is 42. The van der Waals surface area contributed by atoms with Gasteiger partial charge in [0.25, 0.3) is 0 Å². The number of para-hydroxylation sites is 4. The fourth-order valence-corrected chi connectivity index (χ4v) is 15.0. The number of hydrogen-bond donors (Lipinski definition) is 0. The average Bonchev–Trinajstić information content (AvgIpc) is 0.842. The van der Waals surface area contributed by atoms with Crippen molar-refractivity contribution in [3.8, 4) is 51.7 Å². The van der Waals surface area contributed by atoms with E-state index in [1.54, 1.807) is 121 Å². The van der Waals surface area contributed by atoms with E-state index in [9.17, 15) is 62.3 Å². The van der Waals surface area contributed by atoms with Crippen LogP contribution in [0.5, 0.6) is 51.7 Å². The fraction of sp³-hybridized carbons (Fsp3) is 0.355. The maximum absolute atomic E-state index is 12.6. The number of benzene rings is 8. The predicted molar refractivity (Wildman–Crippen MR) is 509 cm³/mol. The molecule has 0 aromatic heterocycles. The summed E-state index contributed by atoms with van der Waals surface area (Å²) in [6.45, 7) is 20.8. The van der Waals surface area contributed by atoms with E-state index < -0.39 is 23.9 Å². The lowest BCUT2D eigenvalue weighted by molar-refractivity contribution is -0.145. The van der Waals surface area contributed by atoms with Gasteiger partial charge >= 0.3 is 77.6 Å². The first-order valence-corrected chi connectivity index (χ1v) is 46.5. The molecular weight excluding hydrogens is 1770 g/mol. The van der Waals surface area contributed by atoms with Crippen LogP contribution in [-0.4, -0.2) is 124 Å². The molecule has 4 aliphatic carbocycles. The lowest BCUT2D eigenvalue weighted by atomic mass is 9.82. The van der Waals surface area contributed by atoms with E-state index in [1.165, 1.54) is 43.3 Å². The highest BCUT2D eigenvalue weighted by molar-refractivity contribution is 5.91. The van der Waals surface area contributed by atoms with Gasteiger partial charge in [-0.05, 0) is 293 Å². The van der Waals surface area contributed by atoms with Crippen LogP contribution >= 0.6 is 0 Å². The van der Waals surface area contributed by atoms with E-state index in [1.807, 2.05) is 72.8 Å². The summed E-state index contributed by atoms with van der Waals surface area (Å²) in [7, 11) is 0. The van der Waals surface area contributed by atoms with Crippen molar-refractivity contribution < 1.29 is 133 Å². The number of hydrogen-bond acceptors (Lipinski definition) is 28. The first-order valence-electron chi connectivity index (χ1n) is 46.5. The second kappa shape index (κ2) is 59.1. The Labute approximate surface area is 804 Å². The number of esters is 13. The Morgan fingerprint density at radius 2 is 0.493 bits per heavy atom. The van der Waals surface area contributed by atoms with E-state index in [4.69, 9.17) is 71.1 Å². The molecule has 0 radical (unpaired) electrons. The van der Waals surface area contributed by atoms with Crippen LogP contribution in [0.4, 0.5) is 0 Å². The van der Waals surface area contributed by atoms with E-state index in [0.717, 1.165) is 43.7 Å². The van der Waals surface area contributed by atoms with Crippen LogP contribution < -0.4 is 42.6 Å². The molecule has 0 N–H and O–H groups in total. The molecule has 0 saturated heterocycles. The highest BCUT2D eigenvalue weighted by atomic mass is 16.6. The molecule has 4 saturated carbocycles. The number of ether oxygens (including phenoxy) is 15. The third-order valence-corrected chi connectivity index (χ3v) is 22.9. The van der Waals surface area contributed by atoms with E-state index in [2.05, 4.69) is 32.9 Å². The summed E-state index contributed by atoms with van der Waals surface area (Å²) >= 11 is 0. The summed E-state index contributed by atoms with van der Waals surface area (Å²) in [6, 6.07) is 62.3. The van der Waals surface area contributed by atoms with Gasteiger partial charge in [-0.25, -0.2) is 24.0 Å². The van der Waals surface area contributed by atoms with Gasteiger partial charge in [-0.2, -0.15) is 0 Å². The van der Waals surface area contributed by atoms with Gasteiger partial charge in [0.05, 0.1) is 91.5 Å². The number of carbonyl (C=O) groups excluding carboxylic acids is 13. The minimum Gasteiger partial charge on any atom is -0.494 e. The minimum absolute atomic E-state index is 0.0701. The van der Waals surface area contributed by atoms with Crippen LogP contribution in [0.1, 0.15) is 174 Å². The summed E-state index contributed by atoms with van der Waals surface area (Å²) in [5.74, 6) is -1.58. The van der Waals surface area contributed by atoms with Gasteiger partial charge in [-0.1, -0.05) is 118 Å². The number of allylic oxidation sites excluding steroid dienone is 1. The molecule has 0 spiro atoms. The second-order valence-corrected chi connectivity index (χ2v) is 33.1. The Hall–Kier alpha value is -14.8. The zero-order chi connectivity index (χ0) is 98.6. The number of carbonyl (C=O) groups is 13. The summed E-state index contributed by atoms with van der Waals surface area (Å²) in [4.78, 5) is 157. The van der Waals surface area contributed by atoms with Crippen LogP contribution in [-0.2, 0) is 87.6 Å². The van der Waals surface area contributed by atoms with Gasteiger partial charge in [-0.3, -0.25) is 38.4 Å². The van der Waals surface area contributed by atoms with E-state index >= 15 is 0 Å². The molecule has 8 aromatic rings. The second-order valence-electron chi connectivity index (χ2n) is 33.1. The topological polar surface area (TPSA) is 360 Å². The Bertz CT molecular complexity index is 5280. The van der Waals surface area contributed by atoms with Gasteiger partial charge < -0.3 is 71.1 Å². The summed E-state index contributed by atoms with van der Waals surface area (Å²) in [5, 5.41) is 0. The van der Waals surface area contributed by atoms with Crippen LogP contribution in [0.25, 0.3) is 0 Å². The summed E-state index contributed by atoms with van der Waals surface area (Å²) in [6.07, 6.45) is 18.7. The summed E-state index contributed by atoms with van der Waals surface area (Å²) in [5.41, 5.74) is 1.88. The van der Waals surface area contributed by atoms with Crippen molar-refractivity contribution in [3.63, 3.8) is 0 Å². The SMILES string of the molecule is C=C(C)C(=O)OCCOC(=O)c1ccc(OC(=O)C2CCC(C(=O)Oc3ccccc3)CC2)cc1.C=CC(=C)OCCCCOC(=O)c1ccc(OC(=O)C2CCC(C(=O)Oc3ccccc3)CC2)cc1.C=CC(=O)OCCCCCCOc1ccc(OC(=O)C2CCC(C(=O)Oc3ccccc3)CC2)cc1.C=CC(=O)OCCc1ccc(OC(=O)C2CCC(C(=O)Oc3ccccc3)CC2)cc1. The standard InChI is InChI=1S/C29H32O7.C29H34O7.C27H28O8.C25H26O6/c1-3-21(2)33-19-7-8-20-34-27(30)22-15-17-26(18-16-22)36-29(32)24-13-11-23(12-14-24)28(31)35-25-9-5-4-6-10-25;1-2-27(30)34-21-9-4-3-8-20-33-24-16-18-26(19-17-24)36-29(32)23-14-12-22(13-15-23)28(31)35-25-10-6-5-7-11-25;1-18(2)24(28)32-16-17-33-25(29)19-12-14-23(15-13-19)35-27(31)21-10-8-20(9-11-21)26(30)34-22-6-4-3-5-7-22;1-2-23(26)29-17-16-18-8-14-22(15-9-18)31-25(28)20-12-10-19(11-13-20)24(27)30-21-6-4-3-5-7-21/h3-6,9-10,15-18,23-24H,1-2,7-8,11-14,19-20H2;2,5-7,10-11,16-19,22-23H,1,3-4,8-9,12-15,20-21H2;3-7,12-15,20-21H,1,8-11,16-17H2,2H3;2-9,14-15,19-20H,1,10-13,16-17H2. The molecule has 4 fully saturated rings. The Morgan fingerprint density at radius 1 is 0.254 bits per heavy atom. The highest BCUT2D eigenvalue weighted by Gasteiger charge is 2.37. The van der Waals surface area contributed by atoms with Crippen LogP contribution in [0.2, 0.25) is 0 Å². The largest absolute Gasteiger partial charge is 0.494 e. The monoisotopic (exact) mass is 1890 g/mol. The first-order chi connectivity index (χ1) is 66.9. The normalized spacial score (nSPS) is 17.2. The first kappa shape index (κ1) is 107. The molecule has 728 valence electrons. The van der Waals surface area contributed by atoms with Gasteiger partial charge in [0.15, 0.2) is 0 Å². The smallest absolute Gasteiger partial charge is 0.338 e. The molecule has 28 heteroatoms. The van der Waals surface area contributed by atoms with Crippen molar-refractivity contribution in [2.45, 2.75) is 155 Å². The van der Waals surface area contributed by atoms with Crippen molar-refractivity contribution in [3.05, 3.63) is 298 Å². The Kier molecular flexibility index (Phi) is 45.8. The van der Waals surface area contributed by atoms with Gasteiger partial charge in [0, 0.05) is 24.1 Å². The third kappa shape index (κ3) is 38.9. The molecule has 0 bridgehead atoms. The summed E-state index contributed by atoms with van der Waals surface area (Å²) < 4.78 is 79.8. The molecule has 0 aliphatic heterocycles. The van der Waals surface area contributed by atoms with Crippen molar-refractivity contribution in [2.24, 2.45) is 47.3 Å². The maximum atomic E-state index is 12.6. The zero-order valence-electron chi connectivity index (χ0n) is 77.8. The lowest BCUT2D eigenvalue weighted by Crippen LogP contribution is -2.30. The quantitative estimate of drug-likeness (QED) is 0.00652. The highest BCUT2D eigenvalue weighted by Crippen LogP contribution is 2.37. The molecule has 4 aliphatic rings. The van der Waals surface area contributed by atoms with Crippen LogP contribution in [0, 0.1) is 47.3 Å². The van der Waals surface area contributed by atoms with Gasteiger partial charge in [0.1, 0.15) is 70.7 Å². The van der Waals surface area contributed by atoms with Crippen molar-refractivity contribution in [1.82, 2.24) is 0 Å². The molecule has 28 nitrogen and oxygen atoms in total. The maximum Gasteiger partial charge on any atom is 0.338 e. The Morgan fingerprint density at radius 3 is 0.790 bits per heavy atom. The van der Waals surface area contributed by atoms with Crippen molar-refractivity contribution in [1.29, 1.82) is 0 Å². The molecule has 138 heavy (non-hydrogen) atoms. The van der Waals surface area contributed by atoms with E-state index in [-0.39, 0.29) is 139 Å².